The minimum Gasteiger partial charge on any atom is -0.384 e. The minimum atomic E-state index is 0.605. The Kier molecular flexibility index (Phi) is 3.78. The van der Waals surface area contributed by atoms with E-state index in [9.17, 15) is 0 Å². The second-order valence-electron chi connectivity index (χ2n) is 4.90. The summed E-state index contributed by atoms with van der Waals surface area (Å²) < 4.78 is 0. The van der Waals surface area contributed by atoms with Crippen molar-refractivity contribution in [1.29, 1.82) is 0 Å². The number of nitrogens with zero attached hydrogens (tertiary/aromatic N) is 2. The van der Waals surface area contributed by atoms with Crippen molar-refractivity contribution < 1.29 is 0 Å². The van der Waals surface area contributed by atoms with E-state index < -0.39 is 0 Å². The molecule has 1 aliphatic rings. The number of nitrogens with two attached hydrogens (primary N) is 1. The van der Waals surface area contributed by atoms with Crippen LogP contribution in [0.3, 0.4) is 0 Å². The van der Waals surface area contributed by atoms with Crippen molar-refractivity contribution in [3.8, 4) is 0 Å². The molecule has 2 rings (SSSR count). The van der Waals surface area contributed by atoms with Crippen LogP contribution in [0, 0.1) is 5.92 Å². The summed E-state index contributed by atoms with van der Waals surface area (Å²) in [4.78, 5) is 6.66. The largest absolute Gasteiger partial charge is 0.384 e. The molecule has 1 aromatic rings. The second kappa shape index (κ2) is 5.30. The van der Waals surface area contributed by atoms with Crippen LogP contribution in [0.15, 0.2) is 18.3 Å². The van der Waals surface area contributed by atoms with E-state index in [4.69, 9.17) is 5.73 Å². The highest BCUT2D eigenvalue weighted by atomic mass is 15.1. The third-order valence-electron chi connectivity index (χ3n) is 3.36. The van der Waals surface area contributed by atoms with E-state index >= 15 is 0 Å². The Balaban J connectivity index is 1.91. The Labute approximate surface area is 97.7 Å². The molecule has 1 aromatic heterocycles. The lowest BCUT2D eigenvalue weighted by atomic mass is 10.0. The Morgan fingerprint density at radius 1 is 1.38 bits per heavy atom. The summed E-state index contributed by atoms with van der Waals surface area (Å²) in [6, 6.07) is 3.96. The third kappa shape index (κ3) is 3.20. The number of hydrogen-bond acceptors (Lipinski definition) is 3. The van der Waals surface area contributed by atoms with E-state index in [0.29, 0.717) is 5.82 Å². The lowest BCUT2D eigenvalue weighted by Crippen LogP contribution is -2.24. The van der Waals surface area contributed by atoms with Gasteiger partial charge in [-0.05, 0) is 49.9 Å². The number of rotatable bonds is 2. The molecule has 1 unspecified atom stereocenters. The standard InChI is InChI=1S/C13H21N3/c1-11-3-2-7-16(8-6-11)10-12-4-5-13(14)15-9-12/h4-5,9,11H,2-3,6-8,10H2,1H3,(H2,14,15). The number of likely N-dealkylation sites (tertiary alicyclic amines) is 1. The first-order valence-corrected chi connectivity index (χ1v) is 6.17. The van der Waals surface area contributed by atoms with E-state index in [1.54, 1.807) is 0 Å². The van der Waals surface area contributed by atoms with Gasteiger partial charge in [-0.15, -0.1) is 0 Å². The number of hydrogen-bond donors (Lipinski definition) is 1. The molecule has 1 aliphatic heterocycles. The molecule has 0 radical (unpaired) electrons. The van der Waals surface area contributed by atoms with Gasteiger partial charge in [0, 0.05) is 12.7 Å². The van der Waals surface area contributed by atoms with E-state index in [1.165, 1.54) is 37.9 Å². The predicted molar refractivity (Wildman–Crippen MR) is 66.9 cm³/mol. The zero-order valence-electron chi connectivity index (χ0n) is 10.0. The van der Waals surface area contributed by atoms with Crippen LogP contribution in [0.1, 0.15) is 31.7 Å². The molecule has 88 valence electrons. The van der Waals surface area contributed by atoms with Crippen LogP contribution in [0.5, 0.6) is 0 Å². The topological polar surface area (TPSA) is 42.1 Å². The maximum atomic E-state index is 5.58. The van der Waals surface area contributed by atoms with Gasteiger partial charge < -0.3 is 5.73 Å². The summed E-state index contributed by atoms with van der Waals surface area (Å²) >= 11 is 0. The highest BCUT2D eigenvalue weighted by molar-refractivity contribution is 5.29. The average Bonchev–Trinajstić information content (AvgIpc) is 2.47. The summed E-state index contributed by atoms with van der Waals surface area (Å²) in [6.07, 6.45) is 5.91. The summed E-state index contributed by atoms with van der Waals surface area (Å²) in [5, 5.41) is 0. The molecule has 2 heterocycles. The van der Waals surface area contributed by atoms with Crippen LogP contribution in [0.25, 0.3) is 0 Å². The fraction of sp³-hybridized carbons (Fsp3) is 0.615. The van der Waals surface area contributed by atoms with Crippen LogP contribution < -0.4 is 5.73 Å². The lowest BCUT2D eigenvalue weighted by Gasteiger charge is -2.19. The highest BCUT2D eigenvalue weighted by Gasteiger charge is 2.13. The monoisotopic (exact) mass is 219 g/mol. The molecule has 1 fully saturated rings. The van der Waals surface area contributed by atoms with Crippen LogP contribution in [-0.2, 0) is 6.54 Å². The molecular weight excluding hydrogens is 198 g/mol. The van der Waals surface area contributed by atoms with E-state index in [2.05, 4.69) is 22.9 Å². The smallest absolute Gasteiger partial charge is 0.123 e. The first kappa shape index (κ1) is 11.4. The fourth-order valence-corrected chi connectivity index (χ4v) is 2.27. The van der Waals surface area contributed by atoms with Crippen molar-refractivity contribution >= 4 is 5.82 Å². The molecule has 0 bridgehead atoms. The molecule has 3 heteroatoms. The van der Waals surface area contributed by atoms with Gasteiger partial charge in [-0.1, -0.05) is 13.0 Å². The zero-order valence-corrected chi connectivity index (χ0v) is 10.0. The first-order valence-electron chi connectivity index (χ1n) is 6.17. The normalized spacial score (nSPS) is 22.9. The minimum absolute atomic E-state index is 0.605. The Morgan fingerprint density at radius 3 is 3.00 bits per heavy atom. The lowest BCUT2D eigenvalue weighted by molar-refractivity contribution is 0.273. The maximum absolute atomic E-state index is 5.58. The first-order chi connectivity index (χ1) is 7.74. The molecule has 1 saturated heterocycles. The number of anilines is 1. The average molecular weight is 219 g/mol. The molecule has 0 aromatic carbocycles. The molecular formula is C13H21N3. The van der Waals surface area contributed by atoms with Crippen molar-refractivity contribution in [2.24, 2.45) is 5.92 Å². The Bertz CT molecular complexity index is 320. The summed E-state index contributed by atoms with van der Waals surface area (Å²) in [7, 11) is 0. The molecule has 2 N–H and O–H groups in total. The molecule has 1 atom stereocenters. The number of pyridine rings is 1. The molecule has 3 nitrogen and oxygen atoms in total. The van der Waals surface area contributed by atoms with Gasteiger partial charge in [0.25, 0.3) is 0 Å². The Hall–Kier alpha value is -1.09. The SMILES string of the molecule is CC1CCCN(Cc2ccc(N)nc2)CC1. The van der Waals surface area contributed by atoms with E-state index in [0.717, 1.165) is 12.5 Å². The maximum Gasteiger partial charge on any atom is 0.123 e. The quantitative estimate of drug-likeness (QED) is 0.829. The van der Waals surface area contributed by atoms with Crippen molar-refractivity contribution in [3.63, 3.8) is 0 Å². The van der Waals surface area contributed by atoms with Gasteiger partial charge >= 0.3 is 0 Å². The third-order valence-corrected chi connectivity index (χ3v) is 3.36. The zero-order chi connectivity index (χ0) is 11.4. The van der Waals surface area contributed by atoms with Crippen molar-refractivity contribution in [3.05, 3.63) is 23.9 Å². The summed E-state index contributed by atoms with van der Waals surface area (Å²) in [5.41, 5.74) is 6.85. The number of aromatic nitrogens is 1. The number of nitrogen functional groups attached to an aromatic ring is 1. The van der Waals surface area contributed by atoms with Gasteiger partial charge in [-0.3, -0.25) is 4.90 Å². The van der Waals surface area contributed by atoms with Gasteiger partial charge in [-0.2, -0.15) is 0 Å². The predicted octanol–water partition coefficient (Wildman–Crippen LogP) is 2.29. The van der Waals surface area contributed by atoms with Gasteiger partial charge in [0.05, 0.1) is 0 Å². The summed E-state index contributed by atoms with van der Waals surface area (Å²) in [6.45, 7) is 5.80. The van der Waals surface area contributed by atoms with E-state index in [1.807, 2.05) is 12.3 Å². The highest BCUT2D eigenvalue weighted by Crippen LogP contribution is 2.18. The van der Waals surface area contributed by atoms with Gasteiger partial charge in [0.2, 0.25) is 0 Å². The molecule has 0 aliphatic carbocycles. The molecule has 16 heavy (non-hydrogen) atoms. The van der Waals surface area contributed by atoms with Crippen molar-refractivity contribution in [2.45, 2.75) is 32.7 Å². The van der Waals surface area contributed by atoms with E-state index in [-0.39, 0.29) is 0 Å². The molecule has 0 amide bonds. The van der Waals surface area contributed by atoms with Crippen LogP contribution in [0.2, 0.25) is 0 Å². The van der Waals surface area contributed by atoms with Crippen molar-refractivity contribution in [2.75, 3.05) is 18.8 Å². The van der Waals surface area contributed by atoms with Gasteiger partial charge in [0.1, 0.15) is 5.82 Å². The van der Waals surface area contributed by atoms with Gasteiger partial charge in [0.15, 0.2) is 0 Å². The molecule has 0 spiro atoms. The summed E-state index contributed by atoms with van der Waals surface area (Å²) in [5.74, 6) is 1.49. The second-order valence-corrected chi connectivity index (χ2v) is 4.90. The van der Waals surface area contributed by atoms with Crippen LogP contribution in [-0.4, -0.2) is 23.0 Å². The van der Waals surface area contributed by atoms with Gasteiger partial charge in [-0.25, -0.2) is 4.98 Å². The van der Waals surface area contributed by atoms with Crippen LogP contribution in [0.4, 0.5) is 5.82 Å². The van der Waals surface area contributed by atoms with Crippen LogP contribution >= 0.6 is 0 Å². The molecule has 0 saturated carbocycles. The fourth-order valence-electron chi connectivity index (χ4n) is 2.27. The Morgan fingerprint density at radius 2 is 2.25 bits per heavy atom. The van der Waals surface area contributed by atoms with Crippen molar-refractivity contribution in [1.82, 2.24) is 9.88 Å².